The molecule has 26 heavy (non-hydrogen) atoms. The lowest BCUT2D eigenvalue weighted by molar-refractivity contribution is 0.0938. The van der Waals surface area contributed by atoms with Gasteiger partial charge in [-0.25, -0.2) is 17.2 Å². The van der Waals surface area contributed by atoms with Crippen molar-refractivity contribution >= 4 is 21.5 Å². The summed E-state index contributed by atoms with van der Waals surface area (Å²) in [4.78, 5) is 12.4. The van der Waals surface area contributed by atoms with Crippen molar-refractivity contribution in [3.8, 4) is 11.5 Å². The maximum Gasteiger partial charge on any atom is 0.229 e. The molecule has 0 saturated heterocycles. The van der Waals surface area contributed by atoms with Gasteiger partial charge < -0.3 is 4.74 Å². The number of nitrogens with one attached hydrogen (secondary N) is 1. The third kappa shape index (κ3) is 4.78. The Bertz CT molecular complexity index is 956. The minimum atomic E-state index is -3.64. The molecule has 2 rings (SSSR count). The summed E-state index contributed by atoms with van der Waals surface area (Å²) in [6.07, 6.45) is 0.956. The van der Waals surface area contributed by atoms with Crippen LogP contribution in [0.5, 0.6) is 11.5 Å². The Balaban J connectivity index is 2.58. The number of sulfonamides is 1. The number of rotatable bonds is 6. The minimum Gasteiger partial charge on any atom is -0.452 e. The van der Waals surface area contributed by atoms with Crippen LogP contribution < -0.4 is 9.46 Å². The highest BCUT2D eigenvalue weighted by Crippen LogP contribution is 2.35. The molecule has 2 aromatic rings. The van der Waals surface area contributed by atoms with E-state index in [4.69, 9.17) is 4.74 Å². The Morgan fingerprint density at radius 2 is 1.77 bits per heavy atom. The monoisotopic (exact) mass is 383 g/mol. The number of aryl methyl sites for hydroxylation is 1. The van der Waals surface area contributed by atoms with Crippen LogP contribution in [0.4, 0.5) is 14.5 Å². The van der Waals surface area contributed by atoms with Gasteiger partial charge in [-0.2, -0.15) is 0 Å². The van der Waals surface area contributed by atoms with Gasteiger partial charge in [0.25, 0.3) is 0 Å². The Morgan fingerprint density at radius 3 is 2.31 bits per heavy atom. The summed E-state index contributed by atoms with van der Waals surface area (Å²) in [6.45, 7) is 5.11. The summed E-state index contributed by atoms with van der Waals surface area (Å²) >= 11 is 0. The number of carbonyl (C=O) groups excluding carboxylic acids is 1. The molecule has 0 aliphatic rings. The zero-order valence-electron chi connectivity index (χ0n) is 14.8. The topological polar surface area (TPSA) is 72.5 Å². The molecule has 0 bridgehead atoms. The van der Waals surface area contributed by atoms with Crippen molar-refractivity contribution in [3.63, 3.8) is 0 Å². The standard InChI is InChI=1S/C18H19F2NO4S/c1-10(2)18(22)13-9-17(15(7-11(13)3)21-26(4,23)24)25-16-6-5-12(19)8-14(16)20/h5-10,21H,1-4H3. The Morgan fingerprint density at radius 1 is 1.12 bits per heavy atom. The highest BCUT2D eigenvalue weighted by molar-refractivity contribution is 7.92. The maximum absolute atomic E-state index is 13.9. The average Bonchev–Trinajstić information content (AvgIpc) is 2.49. The second-order valence-electron chi connectivity index (χ2n) is 6.23. The fraction of sp³-hybridized carbons (Fsp3) is 0.278. The zero-order valence-corrected chi connectivity index (χ0v) is 15.6. The lowest BCUT2D eigenvalue weighted by atomic mass is 9.96. The van der Waals surface area contributed by atoms with E-state index in [0.29, 0.717) is 17.2 Å². The van der Waals surface area contributed by atoms with Gasteiger partial charge in [-0.05, 0) is 36.8 Å². The molecule has 0 radical (unpaired) electrons. The molecule has 5 nitrogen and oxygen atoms in total. The SMILES string of the molecule is Cc1cc(NS(C)(=O)=O)c(Oc2ccc(F)cc2F)cc1C(=O)C(C)C. The number of hydrogen-bond donors (Lipinski definition) is 1. The number of halogens is 2. The van der Waals surface area contributed by atoms with Gasteiger partial charge in [0.2, 0.25) is 10.0 Å². The van der Waals surface area contributed by atoms with Gasteiger partial charge in [0.1, 0.15) is 5.82 Å². The fourth-order valence-corrected chi connectivity index (χ4v) is 2.86. The lowest BCUT2D eigenvalue weighted by Crippen LogP contribution is -2.13. The molecule has 2 aromatic carbocycles. The Hall–Kier alpha value is -2.48. The van der Waals surface area contributed by atoms with Crippen LogP contribution in [0, 0.1) is 24.5 Å². The van der Waals surface area contributed by atoms with Crippen LogP contribution in [0.1, 0.15) is 29.8 Å². The first-order valence-corrected chi connectivity index (χ1v) is 9.66. The van der Waals surface area contributed by atoms with Crippen LogP contribution in [0.15, 0.2) is 30.3 Å². The van der Waals surface area contributed by atoms with E-state index in [9.17, 15) is 22.0 Å². The molecule has 0 saturated carbocycles. The molecular weight excluding hydrogens is 364 g/mol. The van der Waals surface area contributed by atoms with Gasteiger partial charge in [-0.1, -0.05) is 13.8 Å². The fourth-order valence-electron chi connectivity index (χ4n) is 2.30. The average molecular weight is 383 g/mol. The number of Topliss-reactive ketones (excluding diaryl/α,β-unsaturated/α-hetero) is 1. The molecule has 0 amide bonds. The number of carbonyl (C=O) groups is 1. The van der Waals surface area contributed by atoms with Crippen LogP contribution in [-0.2, 0) is 10.0 Å². The van der Waals surface area contributed by atoms with Crippen molar-refractivity contribution in [2.75, 3.05) is 11.0 Å². The maximum atomic E-state index is 13.9. The molecule has 0 aliphatic carbocycles. The highest BCUT2D eigenvalue weighted by Gasteiger charge is 2.19. The molecule has 0 aliphatic heterocycles. The van der Waals surface area contributed by atoms with Gasteiger partial charge >= 0.3 is 0 Å². The molecular formula is C18H19F2NO4S. The quantitative estimate of drug-likeness (QED) is 0.756. The van der Waals surface area contributed by atoms with E-state index in [2.05, 4.69) is 4.72 Å². The summed E-state index contributed by atoms with van der Waals surface area (Å²) in [6, 6.07) is 5.53. The highest BCUT2D eigenvalue weighted by atomic mass is 32.2. The summed E-state index contributed by atoms with van der Waals surface area (Å²) in [5.74, 6) is -2.54. The predicted molar refractivity (Wildman–Crippen MR) is 95.2 cm³/mol. The third-order valence-electron chi connectivity index (χ3n) is 3.53. The number of anilines is 1. The predicted octanol–water partition coefficient (Wildman–Crippen LogP) is 4.28. The number of benzene rings is 2. The van der Waals surface area contributed by atoms with E-state index in [-0.39, 0.29) is 28.9 Å². The van der Waals surface area contributed by atoms with Crippen molar-refractivity contribution in [2.24, 2.45) is 5.92 Å². The van der Waals surface area contributed by atoms with E-state index in [1.807, 2.05) is 0 Å². The van der Waals surface area contributed by atoms with E-state index in [0.717, 1.165) is 18.4 Å². The lowest BCUT2D eigenvalue weighted by Gasteiger charge is -2.16. The molecule has 0 unspecified atom stereocenters. The minimum absolute atomic E-state index is 0.0500. The van der Waals surface area contributed by atoms with E-state index < -0.39 is 21.7 Å². The first kappa shape index (κ1) is 19.8. The molecule has 0 atom stereocenters. The van der Waals surface area contributed by atoms with Crippen molar-refractivity contribution in [1.29, 1.82) is 0 Å². The summed E-state index contributed by atoms with van der Waals surface area (Å²) < 4.78 is 57.9. The van der Waals surface area contributed by atoms with Gasteiger partial charge in [-0.3, -0.25) is 9.52 Å². The van der Waals surface area contributed by atoms with Crippen LogP contribution in [0.2, 0.25) is 0 Å². The van der Waals surface area contributed by atoms with E-state index >= 15 is 0 Å². The normalized spacial score (nSPS) is 11.5. The molecule has 140 valence electrons. The molecule has 0 fully saturated rings. The largest absolute Gasteiger partial charge is 0.452 e. The Kier molecular flexibility index (Phi) is 5.65. The zero-order chi connectivity index (χ0) is 19.6. The van der Waals surface area contributed by atoms with Crippen molar-refractivity contribution in [1.82, 2.24) is 0 Å². The first-order valence-electron chi connectivity index (χ1n) is 7.77. The second-order valence-corrected chi connectivity index (χ2v) is 7.98. The molecule has 0 heterocycles. The van der Waals surface area contributed by atoms with Crippen LogP contribution in [-0.4, -0.2) is 20.5 Å². The number of ether oxygens (including phenoxy) is 1. The number of hydrogen-bond acceptors (Lipinski definition) is 4. The van der Waals surface area contributed by atoms with Crippen molar-refractivity contribution in [3.05, 3.63) is 53.1 Å². The molecule has 1 N–H and O–H groups in total. The smallest absolute Gasteiger partial charge is 0.229 e. The van der Waals surface area contributed by atoms with E-state index in [1.165, 1.54) is 12.1 Å². The molecule has 0 aromatic heterocycles. The summed E-state index contributed by atoms with van der Waals surface area (Å²) in [5, 5.41) is 0. The third-order valence-corrected chi connectivity index (χ3v) is 4.12. The van der Waals surface area contributed by atoms with Gasteiger partial charge in [0.05, 0.1) is 11.9 Å². The van der Waals surface area contributed by atoms with Gasteiger partial charge in [0, 0.05) is 17.5 Å². The summed E-state index contributed by atoms with van der Waals surface area (Å²) in [5.41, 5.74) is 0.924. The van der Waals surface area contributed by atoms with Crippen molar-refractivity contribution in [2.45, 2.75) is 20.8 Å². The van der Waals surface area contributed by atoms with Gasteiger partial charge in [-0.15, -0.1) is 0 Å². The number of ketones is 1. The summed E-state index contributed by atoms with van der Waals surface area (Å²) in [7, 11) is -3.64. The second kappa shape index (κ2) is 7.41. The van der Waals surface area contributed by atoms with Crippen LogP contribution in [0.25, 0.3) is 0 Å². The van der Waals surface area contributed by atoms with Crippen LogP contribution >= 0.6 is 0 Å². The van der Waals surface area contributed by atoms with E-state index in [1.54, 1.807) is 20.8 Å². The Labute approximate surface area is 151 Å². The molecule has 8 heteroatoms. The molecule has 0 spiro atoms. The van der Waals surface area contributed by atoms with Crippen molar-refractivity contribution < 1.29 is 26.7 Å². The van der Waals surface area contributed by atoms with Gasteiger partial charge in [0.15, 0.2) is 23.1 Å². The van der Waals surface area contributed by atoms with Crippen LogP contribution in [0.3, 0.4) is 0 Å². The first-order chi connectivity index (χ1) is 12.0.